The molecule has 3 amide bonds. The summed E-state index contributed by atoms with van der Waals surface area (Å²) < 4.78 is 26.9. The van der Waals surface area contributed by atoms with Gasteiger partial charge in [0.05, 0.1) is 11.4 Å². The predicted octanol–water partition coefficient (Wildman–Crippen LogP) is -0.595. The average molecular weight is 396 g/mol. The van der Waals surface area contributed by atoms with E-state index < -0.39 is 15.9 Å². The van der Waals surface area contributed by atoms with Gasteiger partial charge in [-0.25, -0.2) is 8.42 Å². The lowest BCUT2D eigenvalue weighted by molar-refractivity contribution is -0.130. The number of benzene rings is 1. The van der Waals surface area contributed by atoms with E-state index in [9.17, 15) is 22.8 Å². The van der Waals surface area contributed by atoms with Gasteiger partial charge in [-0.05, 0) is 25.1 Å². The average Bonchev–Trinajstić information content (AvgIpc) is 2.66. The Kier molecular flexibility index (Phi) is 6.92. The molecule has 0 atom stereocenters. The van der Waals surface area contributed by atoms with Crippen LogP contribution in [0.15, 0.2) is 29.2 Å². The van der Waals surface area contributed by atoms with Crippen LogP contribution in [0.3, 0.4) is 0 Å². The number of nitrogens with zero attached hydrogens (tertiary/aromatic N) is 2. The van der Waals surface area contributed by atoms with E-state index in [2.05, 4.69) is 10.6 Å². The quantitative estimate of drug-likeness (QED) is 0.667. The zero-order chi connectivity index (χ0) is 20.0. The molecule has 0 unspecified atom stereocenters. The minimum atomic E-state index is -3.77. The molecule has 0 saturated carbocycles. The van der Waals surface area contributed by atoms with Crippen molar-refractivity contribution in [1.29, 1.82) is 0 Å². The minimum Gasteiger partial charge on any atom is -0.355 e. The molecule has 0 spiro atoms. The lowest BCUT2D eigenvalue weighted by Gasteiger charge is -2.33. The molecule has 1 aromatic carbocycles. The number of sulfonamides is 1. The van der Waals surface area contributed by atoms with E-state index in [-0.39, 0.29) is 41.9 Å². The molecule has 2 rings (SSSR count). The fraction of sp³-hybridized carbons (Fsp3) is 0.471. The maximum atomic E-state index is 12.8. The highest BCUT2D eigenvalue weighted by molar-refractivity contribution is 7.89. The number of nitrogens with one attached hydrogen (secondary N) is 2. The summed E-state index contributed by atoms with van der Waals surface area (Å²) in [6, 6.07) is 5.69. The predicted molar refractivity (Wildman–Crippen MR) is 98.5 cm³/mol. The summed E-state index contributed by atoms with van der Waals surface area (Å²) in [5.74, 6) is -0.935. The molecule has 0 radical (unpaired) electrons. The van der Waals surface area contributed by atoms with Crippen molar-refractivity contribution in [3.63, 3.8) is 0 Å². The third-order valence-electron chi connectivity index (χ3n) is 4.20. The number of likely N-dealkylation sites (N-methyl/N-ethyl adjacent to an activating group) is 1. The molecule has 1 aliphatic heterocycles. The first-order valence-electron chi connectivity index (χ1n) is 8.66. The van der Waals surface area contributed by atoms with Crippen molar-refractivity contribution in [3.05, 3.63) is 29.8 Å². The molecule has 27 heavy (non-hydrogen) atoms. The number of hydrogen-bond acceptors (Lipinski definition) is 5. The fourth-order valence-electron chi connectivity index (χ4n) is 2.71. The Morgan fingerprint density at radius 3 is 2.33 bits per heavy atom. The molecule has 0 bridgehead atoms. The van der Waals surface area contributed by atoms with Crippen molar-refractivity contribution in [2.75, 3.05) is 39.3 Å². The Labute approximate surface area is 158 Å². The first-order chi connectivity index (χ1) is 12.8. The second-order valence-corrected chi connectivity index (χ2v) is 8.01. The number of piperazine rings is 1. The zero-order valence-corrected chi connectivity index (χ0v) is 16.2. The monoisotopic (exact) mass is 396 g/mol. The van der Waals surface area contributed by atoms with Gasteiger partial charge < -0.3 is 15.5 Å². The first-order valence-corrected chi connectivity index (χ1v) is 10.1. The normalized spacial score (nSPS) is 15.3. The van der Waals surface area contributed by atoms with Crippen LogP contribution in [0.2, 0.25) is 0 Å². The van der Waals surface area contributed by atoms with Gasteiger partial charge >= 0.3 is 0 Å². The van der Waals surface area contributed by atoms with Crippen LogP contribution < -0.4 is 10.6 Å². The standard InChI is InChI=1S/C17H24N4O5S/c1-3-18-16(23)12-19-17(24)14-5-4-6-15(11-14)27(25,26)21-9-7-20(8-10-21)13(2)22/h4-6,11H,3,7-10,12H2,1-2H3,(H,18,23)(H,19,24). The van der Waals surface area contributed by atoms with Gasteiger partial charge in [0.2, 0.25) is 21.8 Å². The summed E-state index contributed by atoms with van der Waals surface area (Å²) in [4.78, 5) is 36.6. The number of rotatable bonds is 6. The van der Waals surface area contributed by atoms with E-state index in [4.69, 9.17) is 0 Å². The molecule has 0 aliphatic carbocycles. The van der Waals surface area contributed by atoms with Crippen molar-refractivity contribution in [2.45, 2.75) is 18.7 Å². The third-order valence-corrected chi connectivity index (χ3v) is 6.10. The van der Waals surface area contributed by atoms with Gasteiger partial charge in [0.25, 0.3) is 5.91 Å². The van der Waals surface area contributed by atoms with E-state index in [1.807, 2.05) is 0 Å². The lowest BCUT2D eigenvalue weighted by Crippen LogP contribution is -2.49. The molecule has 1 fully saturated rings. The second kappa shape index (κ2) is 8.96. The van der Waals surface area contributed by atoms with Crippen LogP contribution in [0.25, 0.3) is 0 Å². The van der Waals surface area contributed by atoms with Crippen LogP contribution >= 0.6 is 0 Å². The Hall–Kier alpha value is -2.46. The summed E-state index contributed by atoms with van der Waals surface area (Å²) in [5.41, 5.74) is 0.155. The number of hydrogen-bond donors (Lipinski definition) is 2. The Bertz CT molecular complexity index is 816. The molecule has 2 N–H and O–H groups in total. The van der Waals surface area contributed by atoms with Crippen LogP contribution in [0.4, 0.5) is 0 Å². The molecule has 1 aromatic rings. The topological polar surface area (TPSA) is 116 Å². The SMILES string of the molecule is CCNC(=O)CNC(=O)c1cccc(S(=O)(=O)N2CCN(C(C)=O)CC2)c1. The molecule has 1 aliphatic rings. The zero-order valence-electron chi connectivity index (χ0n) is 15.4. The molecule has 1 heterocycles. The van der Waals surface area contributed by atoms with Crippen LogP contribution in [-0.4, -0.2) is 74.6 Å². The highest BCUT2D eigenvalue weighted by Gasteiger charge is 2.29. The largest absolute Gasteiger partial charge is 0.355 e. The highest BCUT2D eigenvalue weighted by atomic mass is 32.2. The molecular weight excluding hydrogens is 372 g/mol. The van der Waals surface area contributed by atoms with E-state index in [1.54, 1.807) is 11.8 Å². The number of amides is 3. The number of carbonyl (C=O) groups excluding carboxylic acids is 3. The highest BCUT2D eigenvalue weighted by Crippen LogP contribution is 2.19. The minimum absolute atomic E-state index is 0.00411. The molecule has 0 aromatic heterocycles. The maximum absolute atomic E-state index is 12.8. The van der Waals surface area contributed by atoms with Gasteiger partial charge in [-0.3, -0.25) is 14.4 Å². The van der Waals surface area contributed by atoms with E-state index in [0.717, 1.165) is 0 Å². The van der Waals surface area contributed by atoms with Crippen molar-refractivity contribution in [3.8, 4) is 0 Å². The van der Waals surface area contributed by atoms with Crippen molar-refractivity contribution >= 4 is 27.7 Å². The van der Waals surface area contributed by atoms with Gasteiger partial charge in [-0.2, -0.15) is 4.31 Å². The van der Waals surface area contributed by atoms with Crippen LogP contribution in [0, 0.1) is 0 Å². The molecule has 1 saturated heterocycles. The van der Waals surface area contributed by atoms with Gasteiger partial charge in [0, 0.05) is 45.2 Å². The van der Waals surface area contributed by atoms with E-state index in [0.29, 0.717) is 19.6 Å². The van der Waals surface area contributed by atoms with Gasteiger partial charge in [-0.1, -0.05) is 6.07 Å². The lowest BCUT2D eigenvalue weighted by atomic mass is 10.2. The summed E-state index contributed by atoms with van der Waals surface area (Å²) in [6.45, 7) is 4.57. The molecule has 9 nitrogen and oxygen atoms in total. The van der Waals surface area contributed by atoms with Crippen molar-refractivity contribution in [2.24, 2.45) is 0 Å². The van der Waals surface area contributed by atoms with Gasteiger partial charge in [0.15, 0.2) is 0 Å². The first kappa shape index (κ1) is 20.8. The smallest absolute Gasteiger partial charge is 0.251 e. The molecule has 10 heteroatoms. The van der Waals surface area contributed by atoms with Gasteiger partial charge in [0.1, 0.15) is 0 Å². The summed E-state index contributed by atoms with van der Waals surface area (Å²) in [6.07, 6.45) is 0. The van der Waals surface area contributed by atoms with Crippen LogP contribution in [0.5, 0.6) is 0 Å². The van der Waals surface area contributed by atoms with Gasteiger partial charge in [-0.15, -0.1) is 0 Å². The summed E-state index contributed by atoms with van der Waals surface area (Å²) >= 11 is 0. The Morgan fingerprint density at radius 2 is 1.74 bits per heavy atom. The fourth-order valence-corrected chi connectivity index (χ4v) is 4.18. The third kappa shape index (κ3) is 5.27. The van der Waals surface area contributed by atoms with E-state index in [1.165, 1.54) is 35.5 Å². The Morgan fingerprint density at radius 1 is 1.07 bits per heavy atom. The summed E-state index contributed by atoms with van der Waals surface area (Å²) in [5, 5.41) is 5.01. The van der Waals surface area contributed by atoms with E-state index >= 15 is 0 Å². The summed E-state index contributed by atoms with van der Waals surface area (Å²) in [7, 11) is -3.77. The second-order valence-electron chi connectivity index (χ2n) is 6.07. The van der Waals surface area contributed by atoms with Crippen LogP contribution in [0.1, 0.15) is 24.2 Å². The van der Waals surface area contributed by atoms with Crippen molar-refractivity contribution < 1.29 is 22.8 Å². The molecular formula is C17H24N4O5S. The molecule has 148 valence electrons. The van der Waals surface area contributed by atoms with Crippen LogP contribution in [-0.2, 0) is 19.6 Å². The van der Waals surface area contributed by atoms with Crippen molar-refractivity contribution in [1.82, 2.24) is 19.8 Å². The maximum Gasteiger partial charge on any atom is 0.251 e. The Balaban J connectivity index is 2.08. The number of carbonyl (C=O) groups is 3.